The van der Waals surface area contributed by atoms with Crippen LogP contribution in [0.5, 0.6) is 0 Å². The number of hydrogen-bond acceptors (Lipinski definition) is 3. The largest absolute Gasteiger partial charge is 0.444 e. The van der Waals surface area contributed by atoms with E-state index in [0.29, 0.717) is 12.2 Å². The summed E-state index contributed by atoms with van der Waals surface area (Å²) in [4.78, 5) is 4.10. The first-order valence-electron chi connectivity index (χ1n) is 6.22. The molecule has 20 heavy (non-hydrogen) atoms. The average molecular weight is 284 g/mol. The summed E-state index contributed by atoms with van der Waals surface area (Å²) >= 11 is 0. The summed E-state index contributed by atoms with van der Waals surface area (Å²) in [6.07, 6.45) is -3.06. The Morgan fingerprint density at radius 3 is 2.60 bits per heavy atom. The molecule has 0 amide bonds. The van der Waals surface area contributed by atoms with E-state index in [0.717, 1.165) is 6.07 Å². The minimum Gasteiger partial charge on any atom is -0.444 e. The highest BCUT2D eigenvalue weighted by atomic mass is 19.4. The van der Waals surface area contributed by atoms with Crippen LogP contribution in [-0.2, 0) is 12.7 Å². The molecule has 1 aromatic carbocycles. The van der Waals surface area contributed by atoms with Crippen LogP contribution < -0.4 is 5.32 Å². The molecule has 1 aromatic heterocycles. The zero-order chi connectivity index (χ0) is 14.8. The van der Waals surface area contributed by atoms with Crippen molar-refractivity contribution in [2.45, 2.75) is 32.6 Å². The number of benzene rings is 1. The molecule has 6 heteroatoms. The van der Waals surface area contributed by atoms with Gasteiger partial charge in [0, 0.05) is 18.2 Å². The monoisotopic (exact) mass is 284 g/mol. The van der Waals surface area contributed by atoms with Gasteiger partial charge in [0.25, 0.3) is 0 Å². The Labute approximate surface area is 114 Å². The van der Waals surface area contributed by atoms with E-state index in [1.54, 1.807) is 0 Å². The fraction of sp³-hybridized carbons (Fsp3) is 0.357. The summed E-state index contributed by atoms with van der Waals surface area (Å²) in [6, 6.07) is 5.51. The number of aromatic nitrogens is 1. The van der Waals surface area contributed by atoms with Crippen molar-refractivity contribution >= 4 is 0 Å². The molecular formula is C14H15F3N2O. The highest BCUT2D eigenvalue weighted by Gasteiger charge is 2.34. The zero-order valence-corrected chi connectivity index (χ0v) is 11.2. The number of alkyl halides is 3. The second kappa shape index (κ2) is 5.66. The highest BCUT2D eigenvalue weighted by Crippen LogP contribution is 2.36. The Balaban J connectivity index is 2.29. The van der Waals surface area contributed by atoms with Gasteiger partial charge in [-0.3, -0.25) is 0 Å². The topological polar surface area (TPSA) is 38.1 Å². The summed E-state index contributed by atoms with van der Waals surface area (Å²) in [5.74, 6) is -0.0153. The summed E-state index contributed by atoms with van der Waals surface area (Å²) in [5, 5.41) is 3.13. The molecule has 0 aliphatic heterocycles. The number of halogens is 3. The van der Waals surface area contributed by atoms with Gasteiger partial charge in [-0.25, -0.2) is 4.98 Å². The van der Waals surface area contributed by atoms with Gasteiger partial charge < -0.3 is 9.73 Å². The van der Waals surface area contributed by atoms with Crippen molar-refractivity contribution in [3.05, 3.63) is 41.8 Å². The van der Waals surface area contributed by atoms with Gasteiger partial charge in [0.05, 0.1) is 11.3 Å². The molecule has 0 fully saturated rings. The third kappa shape index (κ3) is 3.39. The quantitative estimate of drug-likeness (QED) is 0.926. The molecular weight excluding hydrogens is 269 g/mol. The van der Waals surface area contributed by atoms with Crippen LogP contribution in [0, 0.1) is 0 Å². The normalized spacial score (nSPS) is 12.1. The molecule has 0 atom stereocenters. The van der Waals surface area contributed by atoms with Crippen LogP contribution in [0.3, 0.4) is 0 Å². The lowest BCUT2D eigenvalue weighted by atomic mass is 10.1. The molecule has 0 spiro atoms. The number of hydrogen-bond donors (Lipinski definition) is 1. The van der Waals surface area contributed by atoms with Crippen molar-refractivity contribution in [1.82, 2.24) is 10.3 Å². The SMILES string of the molecule is CC(C)NCc1coc(-c2ccccc2C(F)(F)F)n1. The van der Waals surface area contributed by atoms with Crippen LogP contribution >= 0.6 is 0 Å². The Morgan fingerprint density at radius 1 is 1.25 bits per heavy atom. The summed E-state index contributed by atoms with van der Waals surface area (Å²) in [6.45, 7) is 4.40. The maximum Gasteiger partial charge on any atom is 0.417 e. The standard InChI is InChI=1S/C14H15F3N2O/c1-9(2)18-7-10-8-20-13(19-10)11-5-3-4-6-12(11)14(15,16)17/h3-6,8-9,18H,7H2,1-2H3. The first-order chi connectivity index (χ1) is 9.38. The van der Waals surface area contributed by atoms with Crippen LogP contribution in [0.15, 0.2) is 34.9 Å². The number of nitrogens with zero attached hydrogens (tertiary/aromatic N) is 1. The van der Waals surface area contributed by atoms with Gasteiger partial charge >= 0.3 is 6.18 Å². The van der Waals surface area contributed by atoms with E-state index in [4.69, 9.17) is 4.42 Å². The van der Waals surface area contributed by atoms with Gasteiger partial charge in [-0.05, 0) is 12.1 Å². The van der Waals surface area contributed by atoms with Crippen molar-refractivity contribution < 1.29 is 17.6 Å². The van der Waals surface area contributed by atoms with Gasteiger partial charge in [-0.15, -0.1) is 0 Å². The summed E-state index contributed by atoms with van der Waals surface area (Å²) in [7, 11) is 0. The van der Waals surface area contributed by atoms with Gasteiger partial charge in [0.15, 0.2) is 0 Å². The Kier molecular flexibility index (Phi) is 4.13. The fourth-order valence-corrected chi connectivity index (χ4v) is 1.74. The molecule has 0 aliphatic rings. The molecule has 3 nitrogen and oxygen atoms in total. The van der Waals surface area contributed by atoms with Gasteiger partial charge in [-0.1, -0.05) is 26.0 Å². The smallest absolute Gasteiger partial charge is 0.417 e. The molecule has 0 bridgehead atoms. The predicted molar refractivity (Wildman–Crippen MR) is 68.9 cm³/mol. The molecule has 0 radical (unpaired) electrons. The average Bonchev–Trinajstić information content (AvgIpc) is 2.84. The summed E-state index contributed by atoms with van der Waals surface area (Å²) in [5.41, 5.74) is -0.216. The first kappa shape index (κ1) is 14.6. The van der Waals surface area contributed by atoms with E-state index >= 15 is 0 Å². The lowest BCUT2D eigenvalue weighted by Crippen LogP contribution is -2.21. The molecule has 0 saturated carbocycles. The second-order valence-electron chi connectivity index (χ2n) is 4.72. The zero-order valence-electron chi connectivity index (χ0n) is 11.2. The van der Waals surface area contributed by atoms with E-state index in [2.05, 4.69) is 10.3 Å². The van der Waals surface area contributed by atoms with E-state index < -0.39 is 11.7 Å². The Hall–Kier alpha value is -1.82. The fourth-order valence-electron chi connectivity index (χ4n) is 1.74. The molecule has 0 aliphatic carbocycles. The van der Waals surface area contributed by atoms with Crippen LogP contribution in [0.25, 0.3) is 11.5 Å². The molecule has 108 valence electrons. The number of rotatable bonds is 4. The van der Waals surface area contributed by atoms with Crippen molar-refractivity contribution in [3.63, 3.8) is 0 Å². The molecule has 0 saturated heterocycles. The third-order valence-electron chi connectivity index (χ3n) is 2.71. The van der Waals surface area contributed by atoms with Crippen LogP contribution in [0.1, 0.15) is 25.1 Å². The van der Waals surface area contributed by atoms with Crippen LogP contribution in [0.2, 0.25) is 0 Å². The maximum atomic E-state index is 12.9. The molecule has 0 unspecified atom stereocenters. The van der Waals surface area contributed by atoms with Crippen LogP contribution in [0.4, 0.5) is 13.2 Å². The Morgan fingerprint density at radius 2 is 1.95 bits per heavy atom. The van der Waals surface area contributed by atoms with Gasteiger partial charge in [-0.2, -0.15) is 13.2 Å². The second-order valence-corrected chi connectivity index (χ2v) is 4.72. The Bertz CT molecular complexity index is 576. The highest BCUT2D eigenvalue weighted by molar-refractivity contribution is 5.59. The third-order valence-corrected chi connectivity index (χ3v) is 2.71. The van der Waals surface area contributed by atoms with Crippen molar-refractivity contribution in [3.8, 4) is 11.5 Å². The van der Waals surface area contributed by atoms with Crippen LogP contribution in [-0.4, -0.2) is 11.0 Å². The van der Waals surface area contributed by atoms with Crippen molar-refractivity contribution in [1.29, 1.82) is 0 Å². The van der Waals surface area contributed by atoms with Gasteiger partial charge in [0.2, 0.25) is 5.89 Å². The molecule has 1 heterocycles. The van der Waals surface area contributed by atoms with Crippen molar-refractivity contribution in [2.24, 2.45) is 0 Å². The van der Waals surface area contributed by atoms with E-state index in [1.807, 2.05) is 13.8 Å². The van der Waals surface area contributed by atoms with E-state index in [-0.39, 0.29) is 17.5 Å². The number of oxazole rings is 1. The molecule has 2 rings (SSSR count). The van der Waals surface area contributed by atoms with Crippen molar-refractivity contribution in [2.75, 3.05) is 0 Å². The van der Waals surface area contributed by atoms with E-state index in [9.17, 15) is 13.2 Å². The lowest BCUT2D eigenvalue weighted by molar-refractivity contribution is -0.137. The summed E-state index contributed by atoms with van der Waals surface area (Å²) < 4.78 is 43.9. The van der Waals surface area contributed by atoms with Gasteiger partial charge in [0.1, 0.15) is 6.26 Å². The minimum atomic E-state index is -4.43. The predicted octanol–water partition coefficient (Wildman–Crippen LogP) is 3.86. The number of nitrogens with one attached hydrogen (secondary N) is 1. The lowest BCUT2D eigenvalue weighted by Gasteiger charge is -2.09. The van der Waals surface area contributed by atoms with E-state index in [1.165, 1.54) is 24.5 Å². The minimum absolute atomic E-state index is 0.0153. The first-order valence-corrected chi connectivity index (χ1v) is 6.22. The maximum absolute atomic E-state index is 12.9. The molecule has 1 N–H and O–H groups in total. The molecule has 2 aromatic rings.